The number of carbonyl (C=O) groups is 4. The summed E-state index contributed by atoms with van der Waals surface area (Å²) in [4.78, 5) is 58.5. The second kappa shape index (κ2) is 8.67. The van der Waals surface area contributed by atoms with Crippen molar-refractivity contribution >= 4 is 57.7 Å². The number of amides is 4. The lowest BCUT2D eigenvalue weighted by Crippen LogP contribution is -2.36. The number of rotatable bonds is 4. The molecule has 0 radical (unpaired) electrons. The van der Waals surface area contributed by atoms with Gasteiger partial charge in [-0.25, -0.2) is 9.80 Å². The molecule has 4 heterocycles. The van der Waals surface area contributed by atoms with Crippen LogP contribution in [0.1, 0.15) is 30.5 Å². The molecule has 0 bridgehead atoms. The Morgan fingerprint density at radius 2 is 0.917 bits per heavy atom. The first-order chi connectivity index (χ1) is 17.6. The Kier molecular flexibility index (Phi) is 5.32. The summed E-state index contributed by atoms with van der Waals surface area (Å²) in [5.41, 5.74) is 1.20. The summed E-state index contributed by atoms with van der Waals surface area (Å²) in [6.45, 7) is 0. The van der Waals surface area contributed by atoms with E-state index < -0.39 is 23.6 Å². The second-order valence-electron chi connectivity index (χ2n) is 8.03. The minimum Gasteiger partial charge on any atom is -0.268 e. The Hall–Kier alpha value is -4.40. The predicted octanol–water partition coefficient (Wildman–Crippen LogP) is 5.30. The normalized spacial score (nSPS) is 15.2. The van der Waals surface area contributed by atoms with E-state index in [2.05, 4.69) is 0 Å². The zero-order valence-corrected chi connectivity index (χ0v) is 20.2. The standard InChI is InChI=1S/C28H16N2O4S2/c31-25(17-9-3-1-4-10-17)29-23(19-13-7-15-35-19)21-22(27(29)33)24(20-14-8-16-36-20)30(28(21)34)26(32)18-11-5-2-6-12-18/h1-16H. The Morgan fingerprint density at radius 1 is 0.528 bits per heavy atom. The zero-order valence-electron chi connectivity index (χ0n) is 18.6. The fraction of sp³-hybridized carbons (Fsp3) is 0. The number of carbonyl (C=O) groups excluding carboxylic acids is 4. The zero-order chi connectivity index (χ0) is 24.8. The first kappa shape index (κ1) is 22.1. The smallest absolute Gasteiger partial charge is 0.268 e. The molecule has 174 valence electrons. The molecule has 0 spiro atoms. The summed E-state index contributed by atoms with van der Waals surface area (Å²) in [5.74, 6) is -2.31. The van der Waals surface area contributed by atoms with Gasteiger partial charge in [-0.15, -0.1) is 22.7 Å². The van der Waals surface area contributed by atoms with Gasteiger partial charge in [0.25, 0.3) is 23.6 Å². The van der Waals surface area contributed by atoms with Crippen LogP contribution in [-0.4, -0.2) is 33.4 Å². The van der Waals surface area contributed by atoms with Crippen molar-refractivity contribution in [2.45, 2.75) is 0 Å². The number of imide groups is 2. The molecule has 8 heteroatoms. The molecular weight excluding hydrogens is 492 g/mol. The number of thiophene rings is 2. The fourth-order valence-electron chi connectivity index (χ4n) is 4.40. The number of nitrogens with zero attached hydrogens (tertiary/aromatic N) is 2. The van der Waals surface area contributed by atoms with Gasteiger partial charge in [-0.2, -0.15) is 0 Å². The van der Waals surface area contributed by atoms with Crippen molar-refractivity contribution in [3.05, 3.63) is 128 Å². The summed E-state index contributed by atoms with van der Waals surface area (Å²) in [6, 6.07) is 24.0. The third kappa shape index (κ3) is 3.30. The molecule has 0 atom stereocenters. The van der Waals surface area contributed by atoms with E-state index in [1.54, 1.807) is 84.9 Å². The van der Waals surface area contributed by atoms with E-state index >= 15 is 0 Å². The number of hydrogen-bond donors (Lipinski definition) is 0. The number of hydrogen-bond acceptors (Lipinski definition) is 6. The highest BCUT2D eigenvalue weighted by atomic mass is 32.1. The van der Waals surface area contributed by atoms with Gasteiger partial charge in [0.05, 0.1) is 32.3 Å². The lowest BCUT2D eigenvalue weighted by molar-refractivity contribution is -0.122. The molecule has 6 nitrogen and oxygen atoms in total. The van der Waals surface area contributed by atoms with Gasteiger partial charge in [0.2, 0.25) is 0 Å². The largest absolute Gasteiger partial charge is 0.268 e. The van der Waals surface area contributed by atoms with Crippen LogP contribution in [-0.2, 0) is 9.59 Å². The van der Waals surface area contributed by atoms with Gasteiger partial charge in [0, 0.05) is 11.1 Å². The van der Waals surface area contributed by atoms with Crippen LogP contribution in [0.25, 0.3) is 11.4 Å². The molecule has 0 saturated heterocycles. The van der Waals surface area contributed by atoms with E-state index in [1.165, 1.54) is 22.7 Å². The average Bonchev–Trinajstić information content (AvgIpc) is 3.71. The van der Waals surface area contributed by atoms with Crippen molar-refractivity contribution in [1.82, 2.24) is 9.80 Å². The molecule has 4 aromatic rings. The SMILES string of the molecule is O=C1C2=C(c3cccs3)N(C(=O)c3ccccc3)C(=O)C2=C(c2cccs2)N1C(=O)c1ccccc1. The van der Waals surface area contributed by atoms with Gasteiger partial charge in [-0.05, 0) is 47.2 Å². The monoisotopic (exact) mass is 508 g/mol. The third-order valence-electron chi connectivity index (χ3n) is 5.96. The highest BCUT2D eigenvalue weighted by Crippen LogP contribution is 2.48. The summed E-state index contributed by atoms with van der Waals surface area (Å²) in [6.07, 6.45) is 0. The summed E-state index contributed by atoms with van der Waals surface area (Å²) >= 11 is 2.63. The molecule has 0 N–H and O–H groups in total. The Morgan fingerprint density at radius 3 is 1.25 bits per heavy atom. The molecule has 6 rings (SSSR count). The van der Waals surface area contributed by atoms with E-state index in [0.717, 1.165) is 9.80 Å². The summed E-state index contributed by atoms with van der Waals surface area (Å²) < 4.78 is 0. The number of benzene rings is 2. The van der Waals surface area contributed by atoms with Gasteiger partial charge >= 0.3 is 0 Å². The molecule has 2 aromatic carbocycles. The van der Waals surface area contributed by atoms with Crippen LogP contribution >= 0.6 is 22.7 Å². The van der Waals surface area contributed by atoms with E-state index in [1.807, 2.05) is 10.8 Å². The van der Waals surface area contributed by atoms with Gasteiger partial charge < -0.3 is 0 Å². The predicted molar refractivity (Wildman–Crippen MR) is 138 cm³/mol. The number of fused-ring (bicyclic) bond motifs is 1. The quantitative estimate of drug-likeness (QED) is 0.351. The molecule has 4 amide bonds. The summed E-state index contributed by atoms with van der Waals surface area (Å²) in [7, 11) is 0. The topological polar surface area (TPSA) is 74.8 Å². The lowest BCUT2D eigenvalue weighted by atomic mass is 10.1. The van der Waals surface area contributed by atoms with Crippen LogP contribution in [0.2, 0.25) is 0 Å². The molecule has 0 fully saturated rings. The van der Waals surface area contributed by atoms with Crippen LogP contribution in [0, 0.1) is 0 Å². The molecule has 0 saturated carbocycles. The maximum atomic E-state index is 14.0. The molecule has 0 unspecified atom stereocenters. The van der Waals surface area contributed by atoms with Crippen molar-refractivity contribution in [1.29, 1.82) is 0 Å². The minimum atomic E-state index is -0.623. The van der Waals surface area contributed by atoms with Crippen LogP contribution < -0.4 is 0 Å². The van der Waals surface area contributed by atoms with Crippen LogP contribution in [0.3, 0.4) is 0 Å². The highest BCUT2D eigenvalue weighted by Gasteiger charge is 2.53. The Bertz CT molecular complexity index is 1460. The highest BCUT2D eigenvalue weighted by molar-refractivity contribution is 7.11. The molecule has 2 aromatic heterocycles. The molecule has 0 aliphatic carbocycles. The first-order valence-corrected chi connectivity index (χ1v) is 12.8. The minimum absolute atomic E-state index is 0.0689. The molecule has 2 aliphatic heterocycles. The van der Waals surface area contributed by atoms with Crippen molar-refractivity contribution < 1.29 is 19.2 Å². The Labute approximate surface area is 214 Å². The fourth-order valence-corrected chi connectivity index (χ4v) is 5.94. The van der Waals surface area contributed by atoms with E-state index in [9.17, 15) is 19.2 Å². The van der Waals surface area contributed by atoms with E-state index in [-0.39, 0.29) is 22.5 Å². The molecule has 2 aliphatic rings. The maximum absolute atomic E-state index is 14.0. The van der Waals surface area contributed by atoms with E-state index in [4.69, 9.17) is 0 Å². The second-order valence-corrected chi connectivity index (χ2v) is 9.92. The van der Waals surface area contributed by atoms with Crippen molar-refractivity contribution in [3.63, 3.8) is 0 Å². The van der Waals surface area contributed by atoms with Crippen molar-refractivity contribution in [2.24, 2.45) is 0 Å². The third-order valence-corrected chi connectivity index (χ3v) is 7.71. The van der Waals surface area contributed by atoms with Crippen molar-refractivity contribution in [3.8, 4) is 0 Å². The lowest BCUT2D eigenvalue weighted by Gasteiger charge is -2.22. The van der Waals surface area contributed by atoms with Gasteiger partial charge in [0.15, 0.2) is 0 Å². The average molecular weight is 509 g/mol. The Balaban J connectivity index is 1.60. The van der Waals surface area contributed by atoms with Crippen molar-refractivity contribution in [2.75, 3.05) is 0 Å². The summed E-state index contributed by atoms with van der Waals surface area (Å²) in [5, 5.41) is 3.62. The van der Waals surface area contributed by atoms with Crippen LogP contribution in [0.5, 0.6) is 0 Å². The van der Waals surface area contributed by atoms with Gasteiger partial charge in [-0.1, -0.05) is 48.5 Å². The van der Waals surface area contributed by atoms with Crippen LogP contribution in [0.15, 0.2) is 107 Å². The molecular formula is C28H16N2O4S2. The van der Waals surface area contributed by atoms with Gasteiger partial charge in [-0.3, -0.25) is 19.2 Å². The maximum Gasteiger partial charge on any atom is 0.268 e. The molecule has 36 heavy (non-hydrogen) atoms. The first-order valence-electron chi connectivity index (χ1n) is 11.0. The van der Waals surface area contributed by atoms with Gasteiger partial charge in [0.1, 0.15) is 0 Å². The van der Waals surface area contributed by atoms with E-state index in [0.29, 0.717) is 20.9 Å². The van der Waals surface area contributed by atoms with Crippen LogP contribution in [0.4, 0.5) is 0 Å².